The average molecular weight is 287 g/mol. The Morgan fingerprint density at radius 2 is 2.00 bits per heavy atom. The molecule has 18 heavy (non-hydrogen) atoms. The number of fused-ring (bicyclic) bond motifs is 1. The van der Waals surface area contributed by atoms with E-state index in [0.717, 1.165) is 34.3 Å². The number of nitrogens with zero attached hydrogens (tertiary/aromatic N) is 1. The molecule has 0 amide bonds. The molecule has 1 aliphatic rings. The molecule has 0 fully saturated rings. The zero-order valence-corrected chi connectivity index (χ0v) is 12.3. The SMILES string of the molecule is CCCCCN1Cc2c(Cl)ccc(Cl)c2C1CN. The Morgan fingerprint density at radius 3 is 2.67 bits per heavy atom. The fourth-order valence-corrected chi connectivity index (χ4v) is 3.22. The molecule has 0 radical (unpaired) electrons. The molecule has 2 nitrogen and oxygen atoms in total. The quantitative estimate of drug-likeness (QED) is 0.829. The van der Waals surface area contributed by atoms with E-state index in [1.165, 1.54) is 19.3 Å². The van der Waals surface area contributed by atoms with E-state index in [1.807, 2.05) is 12.1 Å². The lowest BCUT2D eigenvalue weighted by molar-refractivity contribution is 0.215. The van der Waals surface area contributed by atoms with Crippen LogP contribution in [0.25, 0.3) is 0 Å². The summed E-state index contributed by atoms with van der Waals surface area (Å²) in [4.78, 5) is 2.40. The highest BCUT2D eigenvalue weighted by Gasteiger charge is 2.32. The predicted molar refractivity (Wildman–Crippen MR) is 78.2 cm³/mol. The Morgan fingerprint density at radius 1 is 1.28 bits per heavy atom. The van der Waals surface area contributed by atoms with Gasteiger partial charge < -0.3 is 5.73 Å². The van der Waals surface area contributed by atoms with Crippen molar-refractivity contribution in [2.24, 2.45) is 5.73 Å². The third-order valence-corrected chi connectivity index (χ3v) is 4.34. The molecular formula is C14H20Cl2N2. The lowest BCUT2D eigenvalue weighted by atomic mass is 10.0. The van der Waals surface area contributed by atoms with Crippen LogP contribution < -0.4 is 5.73 Å². The smallest absolute Gasteiger partial charge is 0.0492 e. The maximum absolute atomic E-state index is 6.30. The Bertz CT molecular complexity index is 421. The summed E-state index contributed by atoms with van der Waals surface area (Å²) >= 11 is 12.6. The molecule has 0 aromatic heterocycles. The molecule has 0 spiro atoms. The van der Waals surface area contributed by atoms with Gasteiger partial charge in [-0.25, -0.2) is 0 Å². The van der Waals surface area contributed by atoms with Gasteiger partial charge >= 0.3 is 0 Å². The van der Waals surface area contributed by atoms with Gasteiger partial charge in [-0.2, -0.15) is 0 Å². The molecule has 1 aromatic carbocycles. The number of nitrogens with two attached hydrogens (primary N) is 1. The molecule has 1 heterocycles. The molecule has 0 aliphatic carbocycles. The number of rotatable bonds is 5. The summed E-state index contributed by atoms with van der Waals surface area (Å²) < 4.78 is 0. The molecule has 1 aromatic rings. The molecule has 1 aliphatic heterocycles. The predicted octanol–water partition coefficient (Wildman–Crippen LogP) is 4.00. The van der Waals surface area contributed by atoms with Crippen LogP contribution in [0.1, 0.15) is 43.4 Å². The van der Waals surface area contributed by atoms with Gasteiger partial charge in [-0.15, -0.1) is 0 Å². The minimum atomic E-state index is 0.225. The number of unbranched alkanes of at least 4 members (excludes halogenated alkanes) is 2. The molecule has 1 unspecified atom stereocenters. The van der Waals surface area contributed by atoms with Crippen LogP contribution in [0.5, 0.6) is 0 Å². The van der Waals surface area contributed by atoms with Gasteiger partial charge in [0.2, 0.25) is 0 Å². The van der Waals surface area contributed by atoms with Crippen molar-refractivity contribution >= 4 is 23.2 Å². The monoisotopic (exact) mass is 286 g/mol. The second-order valence-corrected chi connectivity index (χ2v) is 5.66. The van der Waals surface area contributed by atoms with Crippen LogP contribution in [0.2, 0.25) is 10.0 Å². The molecule has 0 saturated carbocycles. The van der Waals surface area contributed by atoms with Crippen LogP contribution in [-0.2, 0) is 6.54 Å². The Kier molecular flexibility index (Phi) is 4.91. The largest absolute Gasteiger partial charge is 0.329 e. The number of halogens is 2. The standard InChI is InChI=1S/C14H20Cl2N2/c1-2-3-4-7-18-9-10-11(15)5-6-12(16)14(10)13(18)8-17/h5-6,13H,2-4,7-9,17H2,1H3. The summed E-state index contributed by atoms with van der Waals surface area (Å²) in [5, 5.41) is 1.61. The second-order valence-electron chi connectivity index (χ2n) is 4.85. The van der Waals surface area contributed by atoms with Crippen LogP contribution in [0, 0.1) is 0 Å². The molecular weight excluding hydrogens is 267 g/mol. The van der Waals surface area contributed by atoms with Crippen molar-refractivity contribution in [1.29, 1.82) is 0 Å². The number of hydrogen-bond donors (Lipinski definition) is 1. The van der Waals surface area contributed by atoms with Crippen molar-refractivity contribution in [1.82, 2.24) is 4.90 Å². The minimum Gasteiger partial charge on any atom is -0.329 e. The van der Waals surface area contributed by atoms with Gasteiger partial charge in [-0.1, -0.05) is 43.0 Å². The first kappa shape index (κ1) is 14.1. The third kappa shape index (κ3) is 2.67. The maximum atomic E-state index is 6.30. The molecule has 0 bridgehead atoms. The summed E-state index contributed by atoms with van der Waals surface area (Å²) in [6, 6.07) is 3.98. The van der Waals surface area contributed by atoms with E-state index in [0.29, 0.717) is 6.54 Å². The van der Waals surface area contributed by atoms with E-state index in [2.05, 4.69) is 11.8 Å². The lowest BCUT2D eigenvalue weighted by Crippen LogP contribution is -2.28. The van der Waals surface area contributed by atoms with E-state index >= 15 is 0 Å². The first-order valence-electron chi connectivity index (χ1n) is 6.60. The summed E-state index contributed by atoms with van der Waals surface area (Å²) in [6.07, 6.45) is 3.69. The second kappa shape index (κ2) is 6.25. The van der Waals surface area contributed by atoms with Crippen LogP contribution in [0.3, 0.4) is 0 Å². The summed E-state index contributed by atoms with van der Waals surface area (Å²) in [7, 11) is 0. The molecule has 0 saturated heterocycles. The van der Waals surface area contributed by atoms with Crippen molar-refractivity contribution < 1.29 is 0 Å². The summed E-state index contributed by atoms with van der Waals surface area (Å²) in [5.41, 5.74) is 8.22. The van der Waals surface area contributed by atoms with Crippen LogP contribution >= 0.6 is 23.2 Å². The average Bonchev–Trinajstić information content (AvgIpc) is 2.74. The van der Waals surface area contributed by atoms with Gasteiger partial charge in [0.25, 0.3) is 0 Å². The van der Waals surface area contributed by atoms with Crippen LogP contribution in [0.4, 0.5) is 0 Å². The van der Waals surface area contributed by atoms with E-state index in [-0.39, 0.29) is 6.04 Å². The zero-order chi connectivity index (χ0) is 13.1. The van der Waals surface area contributed by atoms with Crippen molar-refractivity contribution in [3.63, 3.8) is 0 Å². The molecule has 4 heteroatoms. The van der Waals surface area contributed by atoms with Crippen molar-refractivity contribution in [3.8, 4) is 0 Å². The van der Waals surface area contributed by atoms with E-state index in [1.54, 1.807) is 0 Å². The van der Waals surface area contributed by atoms with E-state index < -0.39 is 0 Å². The van der Waals surface area contributed by atoms with Crippen LogP contribution in [0.15, 0.2) is 12.1 Å². The highest BCUT2D eigenvalue weighted by Crippen LogP contribution is 2.41. The number of hydrogen-bond acceptors (Lipinski definition) is 2. The summed E-state index contributed by atoms with van der Waals surface area (Å²) in [6.45, 7) is 4.75. The zero-order valence-electron chi connectivity index (χ0n) is 10.8. The molecule has 2 N–H and O–H groups in total. The third-order valence-electron chi connectivity index (χ3n) is 3.65. The first-order valence-corrected chi connectivity index (χ1v) is 7.35. The minimum absolute atomic E-state index is 0.225. The topological polar surface area (TPSA) is 29.3 Å². The molecule has 1 atom stereocenters. The van der Waals surface area contributed by atoms with Crippen molar-refractivity contribution in [3.05, 3.63) is 33.3 Å². The van der Waals surface area contributed by atoms with Crippen molar-refractivity contribution in [2.75, 3.05) is 13.1 Å². The van der Waals surface area contributed by atoms with Gasteiger partial charge in [0.05, 0.1) is 0 Å². The maximum Gasteiger partial charge on any atom is 0.0492 e. The number of benzene rings is 1. The van der Waals surface area contributed by atoms with Gasteiger partial charge in [-0.05, 0) is 36.2 Å². The Hall–Kier alpha value is -0.280. The van der Waals surface area contributed by atoms with E-state index in [4.69, 9.17) is 28.9 Å². The highest BCUT2D eigenvalue weighted by molar-refractivity contribution is 6.34. The van der Waals surface area contributed by atoms with E-state index in [9.17, 15) is 0 Å². The molecule has 2 rings (SSSR count). The fourth-order valence-electron chi connectivity index (χ4n) is 2.69. The normalized spacial score (nSPS) is 19.2. The molecule has 100 valence electrons. The first-order chi connectivity index (χ1) is 8.69. The highest BCUT2D eigenvalue weighted by atomic mass is 35.5. The Labute approximate surface area is 119 Å². The lowest BCUT2D eigenvalue weighted by Gasteiger charge is -2.23. The van der Waals surface area contributed by atoms with Crippen LogP contribution in [-0.4, -0.2) is 18.0 Å². The fraction of sp³-hybridized carbons (Fsp3) is 0.571. The summed E-state index contributed by atoms with van der Waals surface area (Å²) in [5.74, 6) is 0. The van der Waals surface area contributed by atoms with Gasteiger partial charge in [-0.3, -0.25) is 4.90 Å². The van der Waals surface area contributed by atoms with Gasteiger partial charge in [0.15, 0.2) is 0 Å². The van der Waals surface area contributed by atoms with Gasteiger partial charge in [0, 0.05) is 29.2 Å². The van der Waals surface area contributed by atoms with Crippen molar-refractivity contribution in [2.45, 2.75) is 38.8 Å². The van der Waals surface area contributed by atoms with Gasteiger partial charge in [0.1, 0.15) is 0 Å². The Balaban J connectivity index is 2.20.